The van der Waals surface area contributed by atoms with Gasteiger partial charge in [0.1, 0.15) is 11.5 Å². The van der Waals surface area contributed by atoms with Gasteiger partial charge in [-0.15, -0.1) is 0 Å². The van der Waals surface area contributed by atoms with Gasteiger partial charge in [0.05, 0.1) is 5.56 Å². The van der Waals surface area contributed by atoms with Gasteiger partial charge in [0.25, 0.3) is 5.91 Å². The van der Waals surface area contributed by atoms with Crippen molar-refractivity contribution < 1.29 is 15.0 Å². The Labute approximate surface area is 192 Å². The molecule has 1 saturated heterocycles. The number of anilines is 2. The van der Waals surface area contributed by atoms with E-state index >= 15 is 0 Å². The molecule has 1 aliphatic heterocycles. The summed E-state index contributed by atoms with van der Waals surface area (Å²) >= 11 is 0. The van der Waals surface area contributed by atoms with Crippen LogP contribution in [0.3, 0.4) is 0 Å². The highest BCUT2D eigenvalue weighted by Gasteiger charge is 2.18. The van der Waals surface area contributed by atoms with Crippen molar-refractivity contribution in [1.82, 2.24) is 20.1 Å². The summed E-state index contributed by atoms with van der Waals surface area (Å²) in [5, 5.41) is 33.1. The van der Waals surface area contributed by atoms with Crippen LogP contribution in [0.5, 0.6) is 11.5 Å². The van der Waals surface area contributed by atoms with Crippen LogP contribution in [-0.2, 0) is 0 Å². The number of nitrogens with zero attached hydrogens (tertiary/aromatic N) is 3. The number of H-pyrrole nitrogens is 1. The second kappa shape index (κ2) is 9.91. The molecule has 0 spiro atoms. The number of phenols is 2. The molecule has 0 saturated carbocycles. The van der Waals surface area contributed by atoms with E-state index in [9.17, 15) is 15.0 Å². The number of aromatic amines is 1. The summed E-state index contributed by atoms with van der Waals surface area (Å²) < 4.78 is 0. The van der Waals surface area contributed by atoms with Crippen LogP contribution in [0, 0.1) is 0 Å². The summed E-state index contributed by atoms with van der Waals surface area (Å²) in [5.41, 5.74) is 2.64. The quantitative estimate of drug-likeness (QED) is 0.354. The summed E-state index contributed by atoms with van der Waals surface area (Å²) in [6.45, 7) is 8.14. The number of nitrogens with one attached hydrogen (secondary N) is 3. The van der Waals surface area contributed by atoms with Crippen LogP contribution in [0.15, 0.2) is 36.4 Å². The van der Waals surface area contributed by atoms with Crippen LogP contribution < -0.4 is 10.6 Å². The minimum Gasteiger partial charge on any atom is -0.508 e. The molecule has 0 radical (unpaired) electrons. The summed E-state index contributed by atoms with van der Waals surface area (Å²) in [7, 11) is 0. The molecular formula is C24H30N6O3. The van der Waals surface area contributed by atoms with Crippen molar-refractivity contribution in [2.45, 2.75) is 32.6 Å². The Bertz CT molecular complexity index is 1100. The van der Waals surface area contributed by atoms with Crippen molar-refractivity contribution in [2.75, 3.05) is 36.8 Å². The number of carbonyl (C=O) groups excluding carboxylic acids is 1. The number of rotatable bonds is 8. The third kappa shape index (κ3) is 5.43. The van der Waals surface area contributed by atoms with E-state index in [4.69, 9.17) is 0 Å². The van der Waals surface area contributed by atoms with Crippen LogP contribution in [0.2, 0.25) is 0 Å². The Balaban J connectivity index is 1.37. The lowest BCUT2D eigenvalue weighted by atomic mass is 9.98. The molecule has 2 heterocycles. The Morgan fingerprint density at radius 2 is 1.79 bits per heavy atom. The predicted molar refractivity (Wildman–Crippen MR) is 128 cm³/mol. The molecule has 1 aliphatic rings. The molecule has 0 unspecified atom stereocenters. The van der Waals surface area contributed by atoms with Gasteiger partial charge in [-0.1, -0.05) is 13.8 Å². The number of hydrogen-bond acceptors (Lipinski definition) is 7. The molecule has 0 atom stereocenters. The monoisotopic (exact) mass is 450 g/mol. The topological polar surface area (TPSA) is 126 Å². The highest BCUT2D eigenvalue weighted by molar-refractivity contribution is 6.01. The zero-order valence-electron chi connectivity index (χ0n) is 18.9. The zero-order valence-corrected chi connectivity index (χ0v) is 18.9. The third-order valence-corrected chi connectivity index (χ3v) is 5.81. The van der Waals surface area contributed by atoms with E-state index in [1.54, 1.807) is 6.07 Å². The second-order valence-corrected chi connectivity index (χ2v) is 8.60. The fourth-order valence-corrected chi connectivity index (χ4v) is 3.95. The molecule has 174 valence electrons. The zero-order chi connectivity index (χ0) is 23.4. The predicted octanol–water partition coefficient (Wildman–Crippen LogP) is 3.77. The highest BCUT2D eigenvalue weighted by Crippen LogP contribution is 2.36. The molecular weight excluding hydrogens is 420 g/mol. The Kier molecular flexibility index (Phi) is 6.79. The van der Waals surface area contributed by atoms with Crippen LogP contribution in [0.25, 0.3) is 11.4 Å². The third-order valence-electron chi connectivity index (χ3n) is 5.81. The van der Waals surface area contributed by atoms with E-state index in [0.717, 1.165) is 18.8 Å². The maximum atomic E-state index is 12.6. The normalized spacial score (nSPS) is 14.0. The molecule has 1 amide bonds. The number of aromatic hydroxyl groups is 2. The SMILES string of the molecule is CC(C)c1cc(-c2n[nH]c(C(=O)Nc3ccc(NCCN4CCCC4)cc3)n2)c(O)cc1O. The maximum Gasteiger partial charge on any atom is 0.293 e. The van der Waals surface area contributed by atoms with Crippen molar-refractivity contribution in [2.24, 2.45) is 0 Å². The molecule has 33 heavy (non-hydrogen) atoms. The van der Waals surface area contributed by atoms with Crippen molar-refractivity contribution in [3.05, 3.63) is 47.8 Å². The minimum absolute atomic E-state index is 0.00809. The lowest BCUT2D eigenvalue weighted by Gasteiger charge is -2.15. The molecule has 9 nitrogen and oxygen atoms in total. The second-order valence-electron chi connectivity index (χ2n) is 8.60. The van der Waals surface area contributed by atoms with Gasteiger partial charge in [0.15, 0.2) is 5.82 Å². The molecule has 4 rings (SSSR count). The lowest BCUT2D eigenvalue weighted by Crippen LogP contribution is -2.25. The number of hydrogen-bond donors (Lipinski definition) is 5. The summed E-state index contributed by atoms with van der Waals surface area (Å²) in [6, 6.07) is 10.4. The Morgan fingerprint density at radius 1 is 1.09 bits per heavy atom. The fraction of sp³-hybridized carbons (Fsp3) is 0.375. The van der Waals surface area contributed by atoms with Gasteiger partial charge < -0.3 is 25.7 Å². The number of likely N-dealkylation sites (tertiary alicyclic amines) is 1. The number of benzene rings is 2. The standard InChI is InChI=1S/C24H30N6O3/c1-15(2)18-13-19(21(32)14-20(18)31)22-27-23(29-28-22)24(33)26-17-7-5-16(6-8-17)25-9-12-30-10-3-4-11-30/h5-8,13-15,25,31-32H,3-4,9-12H2,1-2H3,(H,26,33)(H,27,28,29). The number of carbonyl (C=O) groups is 1. The van der Waals surface area contributed by atoms with Crippen molar-refractivity contribution in [3.8, 4) is 22.9 Å². The van der Waals surface area contributed by atoms with Crippen LogP contribution in [-0.4, -0.2) is 62.4 Å². The lowest BCUT2D eigenvalue weighted by molar-refractivity contribution is 0.101. The summed E-state index contributed by atoms with van der Waals surface area (Å²) in [4.78, 5) is 19.3. The number of phenolic OH excluding ortho intramolecular Hbond substituents is 2. The Morgan fingerprint density at radius 3 is 2.48 bits per heavy atom. The molecule has 0 aliphatic carbocycles. The number of amides is 1. The average molecular weight is 451 g/mol. The largest absolute Gasteiger partial charge is 0.508 e. The van der Waals surface area contributed by atoms with Gasteiger partial charge in [0.2, 0.25) is 5.82 Å². The molecule has 2 aromatic carbocycles. The first-order valence-corrected chi connectivity index (χ1v) is 11.3. The van der Waals surface area contributed by atoms with Crippen LogP contribution in [0.1, 0.15) is 48.8 Å². The Hall–Kier alpha value is -3.59. The maximum absolute atomic E-state index is 12.6. The van der Waals surface area contributed by atoms with Crippen LogP contribution >= 0.6 is 0 Å². The molecule has 1 fully saturated rings. The van der Waals surface area contributed by atoms with Gasteiger partial charge >= 0.3 is 0 Å². The van der Waals surface area contributed by atoms with Crippen LogP contribution in [0.4, 0.5) is 11.4 Å². The van der Waals surface area contributed by atoms with Crippen molar-refractivity contribution in [3.63, 3.8) is 0 Å². The van der Waals surface area contributed by atoms with Gasteiger partial charge in [-0.2, -0.15) is 5.10 Å². The average Bonchev–Trinajstić information content (AvgIpc) is 3.47. The minimum atomic E-state index is -0.439. The molecule has 3 aromatic rings. The summed E-state index contributed by atoms with van der Waals surface area (Å²) in [5.74, 6) is -0.340. The first kappa shape index (κ1) is 22.6. The molecule has 0 bridgehead atoms. The highest BCUT2D eigenvalue weighted by atomic mass is 16.3. The summed E-state index contributed by atoms with van der Waals surface area (Å²) in [6.07, 6.45) is 2.58. The first-order chi connectivity index (χ1) is 15.9. The molecule has 1 aromatic heterocycles. The van der Waals surface area contributed by atoms with E-state index in [1.165, 1.54) is 32.0 Å². The van der Waals surface area contributed by atoms with Gasteiger partial charge in [-0.25, -0.2) is 4.98 Å². The van der Waals surface area contributed by atoms with E-state index in [0.29, 0.717) is 16.8 Å². The van der Waals surface area contributed by atoms with E-state index in [-0.39, 0.29) is 29.1 Å². The van der Waals surface area contributed by atoms with Crippen molar-refractivity contribution >= 4 is 17.3 Å². The van der Waals surface area contributed by atoms with Gasteiger partial charge in [0, 0.05) is 30.5 Å². The molecule has 5 N–H and O–H groups in total. The fourth-order valence-electron chi connectivity index (χ4n) is 3.95. The van der Waals surface area contributed by atoms with Gasteiger partial charge in [-0.05, 0) is 67.7 Å². The van der Waals surface area contributed by atoms with E-state index in [2.05, 4.69) is 30.7 Å². The van der Waals surface area contributed by atoms with E-state index < -0.39 is 5.91 Å². The van der Waals surface area contributed by atoms with E-state index in [1.807, 2.05) is 38.1 Å². The van der Waals surface area contributed by atoms with Gasteiger partial charge in [-0.3, -0.25) is 9.89 Å². The molecule has 9 heteroatoms. The smallest absolute Gasteiger partial charge is 0.293 e. The first-order valence-electron chi connectivity index (χ1n) is 11.3. The van der Waals surface area contributed by atoms with Crippen molar-refractivity contribution in [1.29, 1.82) is 0 Å². The number of aromatic nitrogens is 3.